The lowest BCUT2D eigenvalue weighted by Gasteiger charge is -2.21. The molecule has 3 N–H and O–H groups in total. The molecule has 43 heavy (non-hydrogen) atoms. The Balaban J connectivity index is 0.000000164. The first-order valence-electron chi connectivity index (χ1n) is 14.8. The van der Waals surface area contributed by atoms with E-state index in [0.29, 0.717) is 6.04 Å². The van der Waals surface area contributed by atoms with Crippen LogP contribution in [0.3, 0.4) is 0 Å². The third kappa shape index (κ3) is 6.07. The lowest BCUT2D eigenvalue weighted by molar-refractivity contribution is 0.507. The highest BCUT2D eigenvalue weighted by molar-refractivity contribution is 7.19. The van der Waals surface area contributed by atoms with Crippen molar-refractivity contribution in [1.29, 1.82) is 0 Å². The fourth-order valence-corrected chi connectivity index (χ4v) is 9.22. The monoisotopic (exact) mass is 604 g/mol. The average molecular weight is 605 g/mol. The first kappa shape index (κ1) is 31.2. The SMILES string of the molecule is C.C.CNC1CCCc2c1sc1ccc(-c3ccccc3)cc21.NC1CCCc2c1sc1ccc(-c3ccccc3)cc21. The van der Waals surface area contributed by atoms with Gasteiger partial charge in [-0.25, -0.2) is 0 Å². The van der Waals surface area contributed by atoms with E-state index in [9.17, 15) is 0 Å². The minimum absolute atomic E-state index is 0. The van der Waals surface area contributed by atoms with Crippen molar-refractivity contribution in [2.75, 3.05) is 7.05 Å². The highest BCUT2D eigenvalue weighted by atomic mass is 32.1. The molecule has 0 saturated heterocycles. The van der Waals surface area contributed by atoms with E-state index < -0.39 is 0 Å². The molecular weight excluding hydrogens is 561 g/mol. The summed E-state index contributed by atoms with van der Waals surface area (Å²) in [4.78, 5) is 2.97. The Morgan fingerprint density at radius 2 is 1.09 bits per heavy atom. The summed E-state index contributed by atoms with van der Waals surface area (Å²) in [5, 5.41) is 6.36. The van der Waals surface area contributed by atoms with Crippen molar-refractivity contribution in [3.63, 3.8) is 0 Å². The Labute approximate surface area is 265 Å². The lowest BCUT2D eigenvalue weighted by atomic mass is 9.91. The summed E-state index contributed by atoms with van der Waals surface area (Å²) in [7, 11) is 2.08. The van der Waals surface area contributed by atoms with Crippen LogP contribution in [0, 0.1) is 0 Å². The highest BCUT2D eigenvalue weighted by Gasteiger charge is 2.24. The zero-order chi connectivity index (χ0) is 27.8. The van der Waals surface area contributed by atoms with Crippen LogP contribution < -0.4 is 11.1 Å². The van der Waals surface area contributed by atoms with Gasteiger partial charge >= 0.3 is 0 Å². The minimum atomic E-state index is 0. The molecule has 2 nitrogen and oxygen atoms in total. The number of nitrogens with one attached hydrogen (secondary N) is 1. The molecule has 2 aromatic heterocycles. The zero-order valence-corrected chi connectivity index (χ0v) is 25.2. The smallest absolute Gasteiger partial charge is 0.0415 e. The van der Waals surface area contributed by atoms with E-state index in [0.717, 1.165) is 6.42 Å². The zero-order valence-electron chi connectivity index (χ0n) is 23.5. The van der Waals surface area contributed by atoms with Crippen LogP contribution in [-0.4, -0.2) is 7.05 Å². The first-order chi connectivity index (χ1) is 20.2. The molecule has 0 spiro atoms. The van der Waals surface area contributed by atoms with Gasteiger partial charge in [-0.05, 0) is 114 Å². The van der Waals surface area contributed by atoms with E-state index in [2.05, 4.69) is 109 Å². The molecule has 2 heterocycles. The molecule has 0 bridgehead atoms. The average Bonchev–Trinajstić information content (AvgIpc) is 3.61. The van der Waals surface area contributed by atoms with E-state index >= 15 is 0 Å². The van der Waals surface area contributed by atoms with Gasteiger partial charge in [-0.2, -0.15) is 0 Å². The van der Waals surface area contributed by atoms with Gasteiger partial charge in [-0.15, -0.1) is 22.7 Å². The van der Waals surface area contributed by atoms with E-state index in [4.69, 9.17) is 5.73 Å². The number of thiophene rings is 2. The van der Waals surface area contributed by atoms with Crippen molar-refractivity contribution in [2.45, 2.75) is 65.5 Å². The molecule has 8 rings (SSSR count). The van der Waals surface area contributed by atoms with Gasteiger partial charge in [0.25, 0.3) is 0 Å². The van der Waals surface area contributed by atoms with Gasteiger partial charge in [-0.1, -0.05) is 87.6 Å². The topological polar surface area (TPSA) is 38.0 Å². The Morgan fingerprint density at radius 3 is 1.63 bits per heavy atom. The highest BCUT2D eigenvalue weighted by Crippen LogP contribution is 2.43. The van der Waals surface area contributed by atoms with Crippen LogP contribution in [0.5, 0.6) is 0 Å². The molecular formula is C39H44N2S2. The normalized spacial score (nSPS) is 17.2. The number of hydrogen-bond acceptors (Lipinski definition) is 4. The standard InChI is InChI=1S/C19H19NS.C18H17NS.2CH4/c1-20-17-9-5-8-15-16-12-14(13-6-3-2-4-7-13)10-11-18(16)21-19(15)17;19-16-8-4-7-14-15-11-13(12-5-2-1-3-6-12)9-10-17(15)20-18(14)16;;/h2-4,6-7,10-12,17,20H,5,8-9H2,1H3;1-3,5-6,9-11,16H,4,7-8,19H2;2*1H4. The largest absolute Gasteiger partial charge is 0.323 e. The maximum atomic E-state index is 6.27. The Kier molecular flexibility index (Phi) is 9.83. The maximum Gasteiger partial charge on any atom is 0.0415 e. The summed E-state index contributed by atoms with van der Waals surface area (Å²) in [6, 6.07) is 35.8. The van der Waals surface area contributed by atoms with E-state index in [1.54, 1.807) is 10.4 Å². The number of hydrogen-bond donors (Lipinski definition) is 2. The Hall–Kier alpha value is -3.28. The number of aryl methyl sites for hydroxylation is 2. The van der Waals surface area contributed by atoms with Gasteiger partial charge in [0.15, 0.2) is 0 Å². The van der Waals surface area contributed by atoms with Crippen molar-refractivity contribution >= 4 is 42.8 Å². The molecule has 4 heteroatoms. The first-order valence-corrected chi connectivity index (χ1v) is 16.5. The van der Waals surface area contributed by atoms with Gasteiger partial charge in [0, 0.05) is 31.2 Å². The third-order valence-corrected chi connectivity index (χ3v) is 11.4. The van der Waals surface area contributed by atoms with Gasteiger partial charge in [-0.3, -0.25) is 0 Å². The molecule has 4 aromatic carbocycles. The van der Waals surface area contributed by atoms with Crippen LogP contribution in [0.2, 0.25) is 0 Å². The molecule has 222 valence electrons. The summed E-state index contributed by atoms with van der Waals surface area (Å²) in [6.07, 6.45) is 7.32. The molecule has 0 saturated carbocycles. The predicted octanol–water partition coefficient (Wildman–Crippen LogP) is 11.3. The molecule has 6 aromatic rings. The van der Waals surface area contributed by atoms with Crippen LogP contribution in [0.4, 0.5) is 0 Å². The summed E-state index contributed by atoms with van der Waals surface area (Å²) < 4.78 is 2.81. The molecule has 2 aliphatic carbocycles. The van der Waals surface area contributed by atoms with Crippen molar-refractivity contribution in [3.8, 4) is 22.3 Å². The Morgan fingerprint density at radius 1 is 0.605 bits per heavy atom. The van der Waals surface area contributed by atoms with Crippen molar-refractivity contribution in [1.82, 2.24) is 5.32 Å². The van der Waals surface area contributed by atoms with Gasteiger partial charge in [0.05, 0.1) is 0 Å². The molecule has 0 fully saturated rings. The molecule has 0 aliphatic heterocycles. The molecule has 0 radical (unpaired) electrons. The minimum Gasteiger partial charge on any atom is -0.323 e. The third-order valence-electron chi connectivity index (χ3n) is 8.72. The predicted molar refractivity (Wildman–Crippen MR) is 193 cm³/mol. The second kappa shape index (κ2) is 13.6. The molecule has 2 unspecified atom stereocenters. The van der Waals surface area contributed by atoms with Gasteiger partial charge in [0.2, 0.25) is 0 Å². The second-order valence-electron chi connectivity index (χ2n) is 11.3. The van der Waals surface area contributed by atoms with Crippen molar-refractivity contribution in [3.05, 3.63) is 118 Å². The van der Waals surface area contributed by atoms with Crippen LogP contribution in [-0.2, 0) is 12.8 Å². The summed E-state index contributed by atoms with van der Waals surface area (Å²) >= 11 is 3.86. The second-order valence-corrected chi connectivity index (χ2v) is 13.4. The number of fused-ring (bicyclic) bond motifs is 6. The van der Waals surface area contributed by atoms with Crippen LogP contribution in [0.25, 0.3) is 42.4 Å². The lowest BCUT2D eigenvalue weighted by Crippen LogP contribution is -2.19. The van der Waals surface area contributed by atoms with Crippen LogP contribution in [0.1, 0.15) is 73.5 Å². The van der Waals surface area contributed by atoms with E-state index in [1.165, 1.54) is 85.0 Å². The Bertz CT molecular complexity index is 1800. The molecule has 2 aliphatic rings. The quantitative estimate of drug-likeness (QED) is 0.211. The summed E-state index contributed by atoms with van der Waals surface area (Å²) in [5.41, 5.74) is 14.6. The van der Waals surface area contributed by atoms with Gasteiger partial charge < -0.3 is 11.1 Å². The van der Waals surface area contributed by atoms with Crippen molar-refractivity contribution < 1.29 is 0 Å². The molecule has 2 atom stereocenters. The number of rotatable bonds is 3. The number of benzene rings is 4. The summed E-state index contributed by atoms with van der Waals surface area (Å²) in [5.74, 6) is 0. The van der Waals surface area contributed by atoms with Crippen LogP contribution >= 0.6 is 22.7 Å². The van der Waals surface area contributed by atoms with Gasteiger partial charge in [0.1, 0.15) is 0 Å². The van der Waals surface area contributed by atoms with Crippen LogP contribution in [0.15, 0.2) is 97.1 Å². The van der Waals surface area contributed by atoms with Crippen molar-refractivity contribution in [2.24, 2.45) is 5.73 Å². The van der Waals surface area contributed by atoms with E-state index in [1.807, 2.05) is 22.7 Å². The fraction of sp³-hybridized carbons (Fsp3) is 0.282. The number of nitrogens with two attached hydrogens (primary N) is 1. The summed E-state index contributed by atoms with van der Waals surface area (Å²) in [6.45, 7) is 0. The van der Waals surface area contributed by atoms with E-state index in [-0.39, 0.29) is 20.9 Å². The molecule has 0 amide bonds. The maximum absolute atomic E-state index is 6.27. The fourth-order valence-electron chi connectivity index (χ4n) is 6.57.